The van der Waals surface area contributed by atoms with Crippen LogP contribution in [0.5, 0.6) is 0 Å². The van der Waals surface area contributed by atoms with Gasteiger partial charge in [0, 0.05) is 13.1 Å². The maximum atomic E-state index is 5.80. The molecular weight excluding hydrogens is 190 g/mol. The largest absolute Gasteiger partial charge is 0.374 e. The number of nitrogens with two attached hydrogens (primary N) is 1. The SMILES string of the molecule is CCC(C)C(NN)C1CN(CC)CCO1. The Morgan fingerprint density at radius 1 is 1.53 bits per heavy atom. The first kappa shape index (κ1) is 12.9. The van der Waals surface area contributed by atoms with E-state index >= 15 is 0 Å². The highest BCUT2D eigenvalue weighted by Crippen LogP contribution is 2.16. The van der Waals surface area contributed by atoms with Crippen molar-refractivity contribution in [1.29, 1.82) is 0 Å². The molecule has 0 saturated carbocycles. The molecule has 1 saturated heterocycles. The first-order valence-electron chi connectivity index (χ1n) is 6.03. The lowest BCUT2D eigenvalue weighted by Crippen LogP contribution is -2.56. The third-order valence-corrected chi connectivity index (χ3v) is 3.47. The molecule has 1 heterocycles. The summed E-state index contributed by atoms with van der Waals surface area (Å²) in [5, 5.41) is 0. The summed E-state index contributed by atoms with van der Waals surface area (Å²) in [6.45, 7) is 10.6. The smallest absolute Gasteiger partial charge is 0.0871 e. The van der Waals surface area contributed by atoms with Crippen LogP contribution in [0.1, 0.15) is 27.2 Å². The minimum atomic E-state index is 0.235. The van der Waals surface area contributed by atoms with Crippen LogP contribution in [0, 0.1) is 5.92 Å². The van der Waals surface area contributed by atoms with Crippen LogP contribution in [0.15, 0.2) is 0 Å². The summed E-state index contributed by atoms with van der Waals surface area (Å²) in [6, 6.07) is 0.268. The maximum Gasteiger partial charge on any atom is 0.0871 e. The van der Waals surface area contributed by atoms with E-state index in [9.17, 15) is 0 Å². The number of ether oxygens (including phenoxy) is 1. The van der Waals surface area contributed by atoms with Gasteiger partial charge in [0.05, 0.1) is 18.8 Å². The van der Waals surface area contributed by atoms with Crippen molar-refractivity contribution in [2.75, 3.05) is 26.2 Å². The first-order valence-corrected chi connectivity index (χ1v) is 6.03. The molecule has 1 aliphatic rings. The second kappa shape index (κ2) is 6.43. The van der Waals surface area contributed by atoms with E-state index in [0.717, 1.165) is 32.7 Å². The molecule has 0 aromatic rings. The molecule has 4 nitrogen and oxygen atoms in total. The third-order valence-electron chi connectivity index (χ3n) is 3.47. The lowest BCUT2D eigenvalue weighted by Gasteiger charge is -2.38. The Labute approximate surface area is 93.1 Å². The summed E-state index contributed by atoms with van der Waals surface area (Å²) >= 11 is 0. The van der Waals surface area contributed by atoms with Gasteiger partial charge in [0.2, 0.25) is 0 Å². The van der Waals surface area contributed by atoms with Gasteiger partial charge in [0.15, 0.2) is 0 Å². The number of nitrogens with zero attached hydrogens (tertiary/aromatic N) is 1. The Bertz CT molecular complexity index is 177. The molecule has 1 rings (SSSR count). The van der Waals surface area contributed by atoms with Gasteiger partial charge < -0.3 is 4.74 Å². The number of likely N-dealkylation sites (N-methyl/N-ethyl adjacent to an activating group) is 1. The van der Waals surface area contributed by atoms with Crippen LogP contribution < -0.4 is 11.3 Å². The second-order valence-electron chi connectivity index (χ2n) is 4.38. The molecule has 1 fully saturated rings. The Hall–Kier alpha value is -0.160. The van der Waals surface area contributed by atoms with E-state index < -0.39 is 0 Å². The summed E-state index contributed by atoms with van der Waals surface area (Å²) in [5.74, 6) is 6.17. The zero-order chi connectivity index (χ0) is 11.3. The van der Waals surface area contributed by atoms with Crippen molar-refractivity contribution >= 4 is 0 Å². The summed E-state index contributed by atoms with van der Waals surface area (Å²) < 4.78 is 5.80. The highest BCUT2D eigenvalue weighted by Gasteiger charge is 2.29. The number of rotatable bonds is 5. The molecule has 0 amide bonds. The van der Waals surface area contributed by atoms with Gasteiger partial charge in [0.1, 0.15) is 0 Å². The number of morpholine rings is 1. The van der Waals surface area contributed by atoms with Crippen molar-refractivity contribution in [3.8, 4) is 0 Å². The predicted octanol–water partition coefficient (Wildman–Crippen LogP) is 0.585. The summed E-state index contributed by atoms with van der Waals surface area (Å²) in [4.78, 5) is 2.42. The maximum absolute atomic E-state index is 5.80. The van der Waals surface area contributed by atoms with Crippen molar-refractivity contribution < 1.29 is 4.74 Å². The quantitative estimate of drug-likeness (QED) is 0.520. The predicted molar refractivity (Wildman–Crippen MR) is 62.4 cm³/mol. The van der Waals surface area contributed by atoms with Crippen molar-refractivity contribution in [2.45, 2.75) is 39.3 Å². The monoisotopic (exact) mass is 215 g/mol. The second-order valence-corrected chi connectivity index (χ2v) is 4.38. The minimum absolute atomic E-state index is 0.235. The van der Waals surface area contributed by atoms with E-state index in [-0.39, 0.29) is 12.1 Å². The Morgan fingerprint density at radius 3 is 2.80 bits per heavy atom. The fourth-order valence-electron chi connectivity index (χ4n) is 2.13. The number of hydrogen-bond acceptors (Lipinski definition) is 4. The third kappa shape index (κ3) is 3.41. The lowest BCUT2D eigenvalue weighted by molar-refractivity contribution is -0.0541. The van der Waals surface area contributed by atoms with Gasteiger partial charge in [-0.15, -0.1) is 0 Å². The Balaban J connectivity index is 2.51. The number of hydrogen-bond donors (Lipinski definition) is 2. The molecule has 3 unspecified atom stereocenters. The van der Waals surface area contributed by atoms with E-state index in [1.807, 2.05) is 0 Å². The van der Waals surface area contributed by atoms with Gasteiger partial charge in [-0.3, -0.25) is 16.2 Å². The molecule has 1 aliphatic heterocycles. The van der Waals surface area contributed by atoms with Crippen molar-refractivity contribution in [2.24, 2.45) is 11.8 Å². The van der Waals surface area contributed by atoms with Crippen molar-refractivity contribution in [3.63, 3.8) is 0 Å². The van der Waals surface area contributed by atoms with Crippen LogP contribution >= 0.6 is 0 Å². The van der Waals surface area contributed by atoms with Gasteiger partial charge in [-0.25, -0.2) is 0 Å². The lowest BCUT2D eigenvalue weighted by atomic mass is 9.94. The van der Waals surface area contributed by atoms with Crippen LogP contribution in [-0.2, 0) is 4.74 Å². The average molecular weight is 215 g/mol. The molecule has 15 heavy (non-hydrogen) atoms. The minimum Gasteiger partial charge on any atom is -0.374 e. The zero-order valence-electron chi connectivity index (χ0n) is 10.2. The van der Waals surface area contributed by atoms with Gasteiger partial charge >= 0.3 is 0 Å². The van der Waals surface area contributed by atoms with E-state index in [1.165, 1.54) is 0 Å². The molecule has 0 aromatic carbocycles. The van der Waals surface area contributed by atoms with Crippen LogP contribution in [0.4, 0.5) is 0 Å². The van der Waals surface area contributed by atoms with Crippen LogP contribution in [0.3, 0.4) is 0 Å². The molecule has 0 aromatic heterocycles. The fourth-order valence-corrected chi connectivity index (χ4v) is 2.13. The molecule has 4 heteroatoms. The van der Waals surface area contributed by atoms with E-state index in [2.05, 4.69) is 31.1 Å². The summed E-state index contributed by atoms with van der Waals surface area (Å²) in [7, 11) is 0. The standard InChI is InChI=1S/C11H25N3O/c1-4-9(3)11(13-12)10-8-14(5-2)6-7-15-10/h9-11,13H,4-8,12H2,1-3H3. The normalized spacial score (nSPS) is 27.6. The molecule has 3 N–H and O–H groups in total. The van der Waals surface area contributed by atoms with Gasteiger partial charge in [0.25, 0.3) is 0 Å². The van der Waals surface area contributed by atoms with Gasteiger partial charge in [-0.05, 0) is 12.5 Å². The summed E-state index contributed by atoms with van der Waals surface area (Å²) in [6.07, 6.45) is 1.36. The van der Waals surface area contributed by atoms with Crippen molar-refractivity contribution in [3.05, 3.63) is 0 Å². The Morgan fingerprint density at radius 2 is 2.27 bits per heavy atom. The van der Waals surface area contributed by atoms with E-state index in [4.69, 9.17) is 10.6 Å². The van der Waals surface area contributed by atoms with Crippen LogP contribution in [0.2, 0.25) is 0 Å². The summed E-state index contributed by atoms with van der Waals surface area (Å²) in [5.41, 5.74) is 2.92. The first-order chi connectivity index (χ1) is 7.22. The molecule has 0 spiro atoms. The average Bonchev–Trinajstić information content (AvgIpc) is 2.30. The number of nitrogens with one attached hydrogen (secondary N) is 1. The highest BCUT2D eigenvalue weighted by molar-refractivity contribution is 4.84. The zero-order valence-corrected chi connectivity index (χ0v) is 10.2. The van der Waals surface area contributed by atoms with Gasteiger partial charge in [-0.2, -0.15) is 0 Å². The van der Waals surface area contributed by atoms with E-state index in [1.54, 1.807) is 0 Å². The molecule has 0 bridgehead atoms. The van der Waals surface area contributed by atoms with Gasteiger partial charge in [-0.1, -0.05) is 27.2 Å². The Kier molecular flexibility index (Phi) is 5.53. The fraction of sp³-hybridized carbons (Fsp3) is 1.00. The highest BCUT2D eigenvalue weighted by atomic mass is 16.5. The van der Waals surface area contributed by atoms with Crippen LogP contribution in [0.25, 0.3) is 0 Å². The molecule has 0 aliphatic carbocycles. The number of hydrazine groups is 1. The molecule has 90 valence electrons. The molecule has 0 radical (unpaired) electrons. The van der Waals surface area contributed by atoms with Crippen LogP contribution in [-0.4, -0.2) is 43.3 Å². The topological polar surface area (TPSA) is 50.5 Å². The molecule has 3 atom stereocenters. The molecular formula is C11H25N3O. The van der Waals surface area contributed by atoms with Crippen molar-refractivity contribution in [1.82, 2.24) is 10.3 Å². The van der Waals surface area contributed by atoms with E-state index in [0.29, 0.717) is 5.92 Å².